The number of nitrogens with one attached hydrogen (secondary N) is 3. The van der Waals surface area contributed by atoms with Crippen molar-refractivity contribution >= 4 is 43.0 Å². The van der Waals surface area contributed by atoms with Crippen LogP contribution in [-0.2, 0) is 42.2 Å². The maximum Gasteiger partial charge on any atom is 0.490 e. The van der Waals surface area contributed by atoms with E-state index in [2.05, 4.69) is 14.7 Å². The number of aromatic amines is 1. The molecule has 1 amide bonds. The molecule has 0 spiro atoms. The number of sulfonamides is 2. The maximum absolute atomic E-state index is 14.3. The van der Waals surface area contributed by atoms with Crippen LogP contribution in [0.5, 0.6) is 0 Å². The highest BCUT2D eigenvalue weighted by molar-refractivity contribution is 7.90. The molecular weight excluding hydrogens is 769 g/mol. The molecule has 1 unspecified atom stereocenters. The number of aromatic nitrogens is 2. The van der Waals surface area contributed by atoms with E-state index in [1.807, 2.05) is 10.8 Å². The van der Waals surface area contributed by atoms with Crippen LogP contribution >= 0.6 is 0 Å². The van der Waals surface area contributed by atoms with Crippen molar-refractivity contribution in [2.24, 2.45) is 0 Å². The van der Waals surface area contributed by atoms with Crippen LogP contribution in [0.3, 0.4) is 0 Å². The Balaban J connectivity index is 0.000000730. The van der Waals surface area contributed by atoms with E-state index in [0.29, 0.717) is 28.2 Å². The van der Waals surface area contributed by atoms with Gasteiger partial charge in [0.1, 0.15) is 11.1 Å². The zero-order valence-electron chi connectivity index (χ0n) is 27.1. The highest BCUT2D eigenvalue weighted by Gasteiger charge is 2.39. The minimum absolute atomic E-state index is 0.0148. The van der Waals surface area contributed by atoms with E-state index < -0.39 is 66.0 Å². The third-order valence-electron chi connectivity index (χ3n) is 7.98. The van der Waals surface area contributed by atoms with Crippen molar-refractivity contribution < 1.29 is 57.9 Å². The molecule has 54 heavy (non-hydrogen) atoms. The third-order valence-corrected chi connectivity index (χ3v) is 11.1. The van der Waals surface area contributed by atoms with Gasteiger partial charge in [-0.3, -0.25) is 9.52 Å². The zero-order valence-corrected chi connectivity index (χ0v) is 28.7. The van der Waals surface area contributed by atoms with Gasteiger partial charge in [-0.25, -0.2) is 31.3 Å². The molecule has 0 saturated carbocycles. The molecule has 4 N–H and O–H groups in total. The van der Waals surface area contributed by atoms with Gasteiger partial charge < -0.3 is 10.1 Å². The number of carbonyl (C=O) groups is 2. The fourth-order valence-corrected chi connectivity index (χ4v) is 8.13. The second kappa shape index (κ2) is 14.9. The zero-order chi connectivity index (χ0) is 39.6. The SMILES string of the molecule is N#Cc1cccc(-c2ccc(S(=O)(=O)N[C@@H](Cc3ccc(C4CC(=O)NS4(=O)=O)cc3)c3nc4ccccc4[nH]3)cc2C(F)(F)F)c1.O=C(O)C(F)(F)F. The predicted molar refractivity (Wildman–Crippen MR) is 179 cm³/mol. The second-order valence-electron chi connectivity index (χ2n) is 11.7. The van der Waals surface area contributed by atoms with Crippen LogP contribution in [0.2, 0.25) is 0 Å². The minimum Gasteiger partial charge on any atom is -0.475 e. The van der Waals surface area contributed by atoms with Crippen molar-refractivity contribution in [2.45, 2.75) is 41.4 Å². The van der Waals surface area contributed by atoms with Gasteiger partial charge in [0.05, 0.1) is 45.6 Å². The Morgan fingerprint density at radius 3 is 2.22 bits per heavy atom. The summed E-state index contributed by atoms with van der Waals surface area (Å²) in [7, 11) is -8.47. The minimum atomic E-state index is -5.08. The van der Waals surface area contributed by atoms with Crippen molar-refractivity contribution in [3.8, 4) is 17.2 Å². The molecule has 1 aromatic heterocycles. The molecule has 0 bridgehead atoms. The van der Waals surface area contributed by atoms with Gasteiger partial charge in [-0.1, -0.05) is 54.6 Å². The highest BCUT2D eigenvalue weighted by atomic mass is 32.2. The Labute approximate surface area is 302 Å². The van der Waals surface area contributed by atoms with E-state index in [9.17, 15) is 53.2 Å². The number of para-hydroxylation sites is 2. The van der Waals surface area contributed by atoms with E-state index >= 15 is 0 Å². The molecule has 4 aromatic carbocycles. The summed E-state index contributed by atoms with van der Waals surface area (Å²) in [4.78, 5) is 27.5. The fraction of sp³-hybridized carbons (Fsp3) is 0.176. The first-order valence-electron chi connectivity index (χ1n) is 15.3. The number of carbonyl (C=O) groups excluding carboxylic acids is 1. The lowest BCUT2D eigenvalue weighted by Crippen LogP contribution is -2.31. The van der Waals surface area contributed by atoms with Crippen LogP contribution in [0.25, 0.3) is 22.2 Å². The number of nitrogens with zero attached hydrogens (tertiary/aromatic N) is 2. The summed E-state index contributed by atoms with van der Waals surface area (Å²) < 4.78 is 131. The smallest absolute Gasteiger partial charge is 0.475 e. The first kappa shape index (κ1) is 39.4. The number of benzene rings is 4. The Hall–Kier alpha value is -5.78. The number of halogens is 6. The Kier molecular flexibility index (Phi) is 10.9. The number of amides is 1. The molecule has 2 heterocycles. The molecule has 6 rings (SSSR count). The quantitative estimate of drug-likeness (QED) is 0.138. The molecule has 1 aliphatic rings. The van der Waals surface area contributed by atoms with Gasteiger partial charge in [0.2, 0.25) is 26.0 Å². The number of carboxylic acid groups (broad SMARTS) is 1. The van der Waals surface area contributed by atoms with Crippen LogP contribution < -0.4 is 9.44 Å². The van der Waals surface area contributed by atoms with Gasteiger partial charge in [-0.15, -0.1) is 0 Å². The molecule has 282 valence electrons. The number of rotatable bonds is 8. The van der Waals surface area contributed by atoms with Gasteiger partial charge in [-0.05, 0) is 65.1 Å². The van der Waals surface area contributed by atoms with Crippen LogP contribution in [-0.4, -0.2) is 50.0 Å². The second-order valence-corrected chi connectivity index (χ2v) is 15.3. The summed E-state index contributed by atoms with van der Waals surface area (Å²) in [6.07, 6.45) is -10.2. The van der Waals surface area contributed by atoms with Gasteiger partial charge >= 0.3 is 18.3 Å². The molecule has 20 heteroatoms. The number of hydrogen-bond acceptors (Lipinski definition) is 8. The topological polar surface area (TPSA) is 199 Å². The average molecular weight is 794 g/mol. The third kappa shape index (κ3) is 9.05. The lowest BCUT2D eigenvalue weighted by atomic mass is 9.98. The van der Waals surface area contributed by atoms with Gasteiger partial charge in [-0.2, -0.15) is 31.6 Å². The van der Waals surface area contributed by atoms with E-state index in [-0.39, 0.29) is 35.4 Å². The number of alkyl halides is 6. The number of nitriles is 1. The van der Waals surface area contributed by atoms with E-state index in [1.165, 1.54) is 36.4 Å². The number of imidazole rings is 1. The summed E-state index contributed by atoms with van der Waals surface area (Å²) in [5, 5.41) is 15.3. The maximum atomic E-state index is 14.3. The monoisotopic (exact) mass is 793 g/mol. The van der Waals surface area contributed by atoms with Crippen molar-refractivity contribution in [3.05, 3.63) is 119 Å². The first-order valence-corrected chi connectivity index (χ1v) is 18.3. The van der Waals surface area contributed by atoms with Gasteiger partial charge in [0.15, 0.2) is 0 Å². The molecule has 12 nitrogen and oxygen atoms in total. The molecule has 0 radical (unpaired) electrons. The van der Waals surface area contributed by atoms with Crippen molar-refractivity contribution in [1.82, 2.24) is 19.4 Å². The van der Waals surface area contributed by atoms with E-state index in [4.69, 9.17) is 9.90 Å². The van der Waals surface area contributed by atoms with Crippen molar-refractivity contribution in [2.75, 3.05) is 0 Å². The number of carboxylic acids is 1. The van der Waals surface area contributed by atoms with Gasteiger partial charge in [0, 0.05) is 0 Å². The summed E-state index contributed by atoms with van der Waals surface area (Å²) in [5.41, 5.74) is 0.828. The molecule has 1 saturated heterocycles. The average Bonchev–Trinajstić information content (AvgIpc) is 3.66. The summed E-state index contributed by atoms with van der Waals surface area (Å²) in [5.74, 6) is -3.17. The normalized spacial score (nSPS) is 16.2. The lowest BCUT2D eigenvalue weighted by Gasteiger charge is -2.19. The standard InChI is InChI=1S/C32H24F3N5O5S2.C2HF3O2/c33-32(34,35)25-16-23(12-13-24(25)22-5-3-4-20(14-22)18-36)46(42,43)39-28(31-37-26-6-1-2-7-27(26)38-31)15-19-8-10-21(11-9-19)29-17-30(41)40-47(29,44)45;3-2(4,5)1(6)7/h1-14,16,28-29,39H,15,17H2,(H,37,38)(H,40,41);(H,6,7)/t28-,29?;/m0./s1. The number of aliphatic carboxylic acids is 1. The predicted octanol–water partition coefficient (Wildman–Crippen LogP) is 5.91. The largest absolute Gasteiger partial charge is 0.490 e. The summed E-state index contributed by atoms with van der Waals surface area (Å²) in [6.45, 7) is 0. The van der Waals surface area contributed by atoms with Crippen LogP contribution in [0, 0.1) is 11.3 Å². The lowest BCUT2D eigenvalue weighted by molar-refractivity contribution is -0.192. The Morgan fingerprint density at radius 2 is 1.65 bits per heavy atom. The van der Waals surface area contributed by atoms with E-state index in [1.54, 1.807) is 36.4 Å². The first-order chi connectivity index (χ1) is 25.2. The fourth-order valence-electron chi connectivity index (χ4n) is 5.47. The number of H-pyrrole nitrogens is 1. The molecular formula is C34H25F6N5O7S2. The summed E-state index contributed by atoms with van der Waals surface area (Å²) >= 11 is 0. The summed E-state index contributed by atoms with van der Waals surface area (Å²) in [6, 6.07) is 22.2. The van der Waals surface area contributed by atoms with Crippen LogP contribution in [0.1, 0.15) is 45.8 Å². The number of fused-ring (bicyclic) bond motifs is 1. The molecule has 5 aromatic rings. The Morgan fingerprint density at radius 1 is 0.981 bits per heavy atom. The van der Waals surface area contributed by atoms with Crippen molar-refractivity contribution in [1.29, 1.82) is 5.26 Å². The van der Waals surface area contributed by atoms with E-state index in [0.717, 1.165) is 12.1 Å². The molecule has 1 aliphatic heterocycles. The number of hydrogen-bond donors (Lipinski definition) is 4. The molecule has 1 fully saturated rings. The van der Waals surface area contributed by atoms with Crippen molar-refractivity contribution in [3.63, 3.8) is 0 Å². The Bertz CT molecular complexity index is 2460. The molecule has 0 aliphatic carbocycles. The molecule has 2 atom stereocenters. The van der Waals surface area contributed by atoms with Gasteiger partial charge in [0.25, 0.3) is 0 Å². The highest BCUT2D eigenvalue weighted by Crippen LogP contribution is 2.39. The van der Waals surface area contributed by atoms with Crippen LogP contribution in [0.4, 0.5) is 26.3 Å². The van der Waals surface area contributed by atoms with Crippen LogP contribution in [0.15, 0.2) is 95.9 Å².